The van der Waals surface area contributed by atoms with Crippen molar-refractivity contribution in [1.82, 2.24) is 14.8 Å². The van der Waals surface area contributed by atoms with Crippen molar-refractivity contribution in [3.63, 3.8) is 0 Å². The van der Waals surface area contributed by atoms with Crippen LogP contribution in [0.4, 0.5) is 21.0 Å². The number of nitrogens with zero attached hydrogens (tertiary/aromatic N) is 3. The van der Waals surface area contributed by atoms with Gasteiger partial charge < -0.3 is 25.4 Å². The monoisotopic (exact) mass is 567 g/mol. The summed E-state index contributed by atoms with van der Waals surface area (Å²) in [5.41, 5.74) is 5.26. The molecule has 9 heteroatoms. The van der Waals surface area contributed by atoms with Crippen LogP contribution in [0.3, 0.4) is 0 Å². The van der Waals surface area contributed by atoms with Crippen molar-refractivity contribution in [3.8, 4) is 16.9 Å². The van der Waals surface area contributed by atoms with E-state index in [4.69, 9.17) is 14.8 Å². The number of carbonyl (C=O) groups excluding carboxylic acids is 1. The summed E-state index contributed by atoms with van der Waals surface area (Å²) in [6, 6.07) is 21.5. The maximum Gasteiger partial charge on any atom is 0.407 e. The van der Waals surface area contributed by atoms with Crippen molar-refractivity contribution in [2.24, 2.45) is 0 Å². The van der Waals surface area contributed by atoms with Gasteiger partial charge in [-0.2, -0.15) is 0 Å². The van der Waals surface area contributed by atoms with Crippen molar-refractivity contribution in [2.75, 3.05) is 43.9 Å². The molecule has 5 rings (SSSR count). The first kappa shape index (κ1) is 28.9. The fraction of sp³-hybridized carbons (Fsp3) is 0.303. The van der Waals surface area contributed by atoms with Gasteiger partial charge in [0.15, 0.2) is 0 Å². The van der Waals surface area contributed by atoms with Crippen LogP contribution in [0.25, 0.3) is 21.9 Å². The molecule has 0 spiro atoms. The fourth-order valence-electron chi connectivity index (χ4n) is 5.21. The fourth-order valence-corrected chi connectivity index (χ4v) is 5.21. The zero-order valence-electron chi connectivity index (χ0n) is 24.5. The number of methoxy groups -OCH3 is 1. The van der Waals surface area contributed by atoms with Gasteiger partial charge in [-0.3, -0.25) is 9.88 Å². The Labute approximate surface area is 246 Å². The minimum Gasteiger partial charge on any atom is -0.495 e. The van der Waals surface area contributed by atoms with E-state index >= 15 is 0 Å². The largest absolute Gasteiger partial charge is 0.495 e. The Balaban J connectivity index is 1.32. The highest BCUT2D eigenvalue weighted by molar-refractivity contribution is 6.10. The number of aromatic nitrogens is 1. The number of carbonyl (C=O) groups is 2. The summed E-state index contributed by atoms with van der Waals surface area (Å²) in [6.45, 7) is 9.45. The highest BCUT2D eigenvalue weighted by Gasteiger charge is 2.21. The molecule has 1 saturated heterocycles. The van der Waals surface area contributed by atoms with E-state index in [0.717, 1.165) is 33.2 Å². The normalized spacial score (nSPS) is 14.0. The summed E-state index contributed by atoms with van der Waals surface area (Å²) >= 11 is 0. The third-order valence-electron chi connectivity index (χ3n) is 7.65. The van der Waals surface area contributed by atoms with E-state index in [1.807, 2.05) is 66.9 Å². The molecule has 0 radical (unpaired) electrons. The van der Waals surface area contributed by atoms with Crippen LogP contribution < -0.4 is 15.4 Å². The maximum atomic E-state index is 13.1. The molecule has 1 aromatic heterocycles. The van der Waals surface area contributed by atoms with Crippen LogP contribution in [-0.2, 0) is 12.0 Å². The Morgan fingerprint density at radius 1 is 0.905 bits per heavy atom. The van der Waals surface area contributed by atoms with Crippen LogP contribution in [0.2, 0.25) is 0 Å². The second kappa shape index (κ2) is 12.1. The lowest BCUT2D eigenvalue weighted by Gasteiger charge is -2.32. The highest BCUT2D eigenvalue weighted by Crippen LogP contribution is 2.34. The lowest BCUT2D eigenvalue weighted by molar-refractivity contribution is 0.102. The van der Waals surface area contributed by atoms with E-state index in [0.29, 0.717) is 49.8 Å². The number of anilines is 2. The number of rotatable bonds is 6. The third-order valence-corrected chi connectivity index (χ3v) is 7.65. The zero-order chi connectivity index (χ0) is 29.9. The van der Waals surface area contributed by atoms with Crippen LogP contribution in [0.1, 0.15) is 32.0 Å². The number of amides is 3. The van der Waals surface area contributed by atoms with Crippen molar-refractivity contribution in [3.05, 3.63) is 84.2 Å². The number of urea groups is 1. The van der Waals surface area contributed by atoms with Crippen molar-refractivity contribution in [2.45, 2.75) is 32.7 Å². The van der Waals surface area contributed by atoms with Gasteiger partial charge in [0.05, 0.1) is 24.2 Å². The topological polar surface area (TPSA) is 107 Å². The van der Waals surface area contributed by atoms with Crippen LogP contribution in [0.5, 0.6) is 5.75 Å². The Bertz CT molecular complexity index is 1590. The van der Waals surface area contributed by atoms with Crippen LogP contribution >= 0.6 is 0 Å². The molecule has 42 heavy (non-hydrogen) atoms. The van der Waals surface area contributed by atoms with Crippen molar-refractivity contribution < 1.29 is 19.4 Å². The first-order valence-electron chi connectivity index (χ1n) is 14.1. The molecule has 1 aliphatic heterocycles. The summed E-state index contributed by atoms with van der Waals surface area (Å²) in [5.74, 6) is 0.594. The molecule has 2 heterocycles. The Hall–Kier alpha value is -4.63. The average molecular weight is 568 g/mol. The van der Waals surface area contributed by atoms with Crippen molar-refractivity contribution in [1.29, 1.82) is 0 Å². The molecule has 0 saturated carbocycles. The molecule has 4 aromatic rings. The lowest BCUT2D eigenvalue weighted by atomic mass is 9.87. The molecule has 3 N–H and O–H groups in total. The number of ether oxygens (including phenoxy) is 1. The van der Waals surface area contributed by atoms with E-state index in [1.54, 1.807) is 7.11 Å². The lowest BCUT2D eigenvalue weighted by Crippen LogP contribution is -2.47. The number of fused-ring (bicyclic) bond motifs is 1. The molecule has 1 fully saturated rings. The second-order valence-corrected chi connectivity index (χ2v) is 11.5. The Kier molecular flexibility index (Phi) is 8.31. The minimum absolute atomic E-state index is 0.0737. The van der Waals surface area contributed by atoms with E-state index in [2.05, 4.69) is 42.4 Å². The molecular formula is C33H37N5O4. The first-order chi connectivity index (χ1) is 20.1. The van der Waals surface area contributed by atoms with Gasteiger partial charge in [-0.1, -0.05) is 63.2 Å². The molecular weight excluding hydrogens is 530 g/mol. The molecule has 3 aromatic carbocycles. The smallest absolute Gasteiger partial charge is 0.407 e. The Morgan fingerprint density at radius 3 is 2.26 bits per heavy atom. The number of pyridine rings is 1. The van der Waals surface area contributed by atoms with E-state index in [1.165, 1.54) is 4.90 Å². The van der Waals surface area contributed by atoms with Gasteiger partial charge in [0, 0.05) is 49.9 Å². The van der Waals surface area contributed by atoms with Gasteiger partial charge >= 0.3 is 12.1 Å². The number of carboxylic acid groups (broad SMARTS) is 1. The molecule has 1 aliphatic rings. The first-order valence-corrected chi connectivity index (χ1v) is 14.1. The number of piperazine rings is 1. The predicted octanol–water partition coefficient (Wildman–Crippen LogP) is 6.65. The Morgan fingerprint density at radius 2 is 1.62 bits per heavy atom. The summed E-state index contributed by atoms with van der Waals surface area (Å²) in [4.78, 5) is 32.7. The number of hydrogen-bond acceptors (Lipinski definition) is 5. The second-order valence-electron chi connectivity index (χ2n) is 11.5. The highest BCUT2D eigenvalue weighted by atomic mass is 16.5. The molecule has 0 bridgehead atoms. The van der Waals surface area contributed by atoms with Gasteiger partial charge in [-0.15, -0.1) is 0 Å². The van der Waals surface area contributed by atoms with Gasteiger partial charge in [0.1, 0.15) is 5.75 Å². The van der Waals surface area contributed by atoms with E-state index in [-0.39, 0.29) is 11.4 Å². The van der Waals surface area contributed by atoms with Crippen molar-refractivity contribution >= 4 is 34.3 Å². The summed E-state index contributed by atoms with van der Waals surface area (Å²) in [7, 11) is 1.59. The van der Waals surface area contributed by atoms with E-state index < -0.39 is 6.09 Å². The zero-order valence-corrected chi connectivity index (χ0v) is 24.5. The number of nitrogens with one attached hydrogen (secondary N) is 2. The maximum absolute atomic E-state index is 13.1. The summed E-state index contributed by atoms with van der Waals surface area (Å²) in [6.07, 6.45) is 1.01. The van der Waals surface area contributed by atoms with Crippen LogP contribution in [0.15, 0.2) is 72.9 Å². The van der Waals surface area contributed by atoms with Crippen LogP contribution in [-0.4, -0.2) is 65.3 Å². The third kappa shape index (κ3) is 6.47. The molecule has 3 amide bonds. The number of benzene rings is 3. The molecule has 9 nitrogen and oxygen atoms in total. The SMILES string of the molecule is COc1ccc(C(C)(C)C)cc1NC(=O)Nc1ccc(-c2ccc(CN3CCN(C(=O)O)CC3)nc2)c2ccccc12. The molecule has 0 atom stereocenters. The summed E-state index contributed by atoms with van der Waals surface area (Å²) in [5, 5.41) is 17.1. The molecule has 0 aliphatic carbocycles. The molecule has 218 valence electrons. The quantitative estimate of drug-likeness (QED) is 0.241. The van der Waals surface area contributed by atoms with Gasteiger partial charge in [0.2, 0.25) is 0 Å². The van der Waals surface area contributed by atoms with Crippen LogP contribution in [0, 0.1) is 0 Å². The standard InChI is InChI=1S/C33H37N5O4/c1-33(2,3)23-10-14-30(42-4)29(19-23)36-31(39)35-28-13-12-25(26-7-5-6-8-27(26)28)22-9-11-24(34-20-22)21-37-15-17-38(18-16-37)32(40)41/h5-14,19-20H,15-18,21H2,1-4H3,(H,40,41)(H2,35,36,39). The minimum atomic E-state index is -0.864. The molecule has 0 unspecified atom stereocenters. The van der Waals surface area contributed by atoms with Gasteiger partial charge in [-0.25, -0.2) is 9.59 Å². The average Bonchev–Trinajstić information content (AvgIpc) is 2.97. The van der Waals surface area contributed by atoms with Gasteiger partial charge in [-0.05, 0) is 46.2 Å². The van der Waals surface area contributed by atoms with E-state index in [9.17, 15) is 9.59 Å². The number of hydrogen-bond donors (Lipinski definition) is 3. The summed E-state index contributed by atoms with van der Waals surface area (Å²) < 4.78 is 5.49. The van der Waals surface area contributed by atoms with Gasteiger partial charge in [0.25, 0.3) is 0 Å². The predicted molar refractivity (Wildman–Crippen MR) is 166 cm³/mol.